The highest BCUT2D eigenvalue weighted by Crippen LogP contribution is 2.30. The molecule has 106 valence electrons. The van der Waals surface area contributed by atoms with E-state index in [-0.39, 0.29) is 5.76 Å². The summed E-state index contributed by atoms with van der Waals surface area (Å²) in [6, 6.07) is 5.32. The largest absolute Gasteiger partial charge is 0.463 e. The second-order valence-corrected chi connectivity index (χ2v) is 5.43. The summed E-state index contributed by atoms with van der Waals surface area (Å²) in [5, 5.41) is 0.599. The Balaban J connectivity index is 2.46. The van der Waals surface area contributed by atoms with Crippen molar-refractivity contribution in [2.24, 2.45) is 0 Å². The van der Waals surface area contributed by atoms with Crippen molar-refractivity contribution in [1.82, 2.24) is 4.98 Å². The summed E-state index contributed by atoms with van der Waals surface area (Å²) in [7, 11) is 1.32. The minimum Gasteiger partial charge on any atom is -0.463 e. The Kier molecular flexibility index (Phi) is 4.83. The number of benzene rings is 1. The molecule has 0 atom stereocenters. The first-order chi connectivity index (χ1) is 9.56. The summed E-state index contributed by atoms with van der Waals surface area (Å²) >= 11 is 9.30. The van der Waals surface area contributed by atoms with Gasteiger partial charge >= 0.3 is 5.97 Å². The summed E-state index contributed by atoms with van der Waals surface area (Å²) in [4.78, 5) is 16.1. The van der Waals surface area contributed by atoms with Crippen molar-refractivity contribution in [2.45, 2.75) is 19.8 Å². The number of hydrogen-bond donors (Lipinski definition) is 0. The molecule has 0 saturated heterocycles. The lowest BCUT2D eigenvalue weighted by molar-refractivity contribution is 0.0564. The molecule has 1 aromatic heterocycles. The Labute approximate surface area is 130 Å². The lowest BCUT2D eigenvalue weighted by Gasteiger charge is -1.98. The van der Waals surface area contributed by atoms with Crippen molar-refractivity contribution in [3.05, 3.63) is 39.1 Å². The van der Waals surface area contributed by atoms with Gasteiger partial charge in [-0.15, -0.1) is 0 Å². The van der Waals surface area contributed by atoms with Gasteiger partial charge in [0, 0.05) is 10.0 Å². The molecule has 1 aromatic carbocycles. The van der Waals surface area contributed by atoms with Gasteiger partial charge in [-0.2, -0.15) is 0 Å². The molecule has 0 radical (unpaired) electrons. The number of aryl methyl sites for hydroxylation is 1. The second kappa shape index (κ2) is 6.41. The van der Waals surface area contributed by atoms with Gasteiger partial charge in [-0.1, -0.05) is 24.9 Å². The maximum Gasteiger partial charge on any atom is 0.376 e. The van der Waals surface area contributed by atoms with Crippen LogP contribution in [0.4, 0.5) is 0 Å². The number of hydrogen-bond acceptors (Lipinski definition) is 4. The molecule has 2 aromatic rings. The van der Waals surface area contributed by atoms with Crippen LogP contribution in [-0.4, -0.2) is 18.1 Å². The van der Waals surface area contributed by atoms with Crippen molar-refractivity contribution in [2.75, 3.05) is 7.11 Å². The lowest BCUT2D eigenvalue weighted by atomic mass is 10.2. The minimum absolute atomic E-state index is 0.162. The van der Waals surface area contributed by atoms with Crippen LogP contribution >= 0.6 is 27.5 Å². The van der Waals surface area contributed by atoms with Gasteiger partial charge in [0.15, 0.2) is 0 Å². The number of methoxy groups -OCH3 is 1. The fourth-order valence-electron chi connectivity index (χ4n) is 1.76. The zero-order valence-electron chi connectivity index (χ0n) is 11.1. The molecular weight excluding hydrogens is 346 g/mol. The molecule has 0 N–H and O–H groups in total. The van der Waals surface area contributed by atoms with E-state index in [2.05, 4.69) is 20.9 Å². The molecule has 0 bridgehead atoms. The third-order valence-electron chi connectivity index (χ3n) is 2.72. The van der Waals surface area contributed by atoms with Crippen LogP contribution in [0.15, 0.2) is 27.1 Å². The molecule has 0 fully saturated rings. The topological polar surface area (TPSA) is 52.3 Å². The highest BCUT2D eigenvalue weighted by atomic mass is 79.9. The second-order valence-electron chi connectivity index (χ2n) is 4.17. The van der Waals surface area contributed by atoms with Gasteiger partial charge in [0.1, 0.15) is 0 Å². The van der Waals surface area contributed by atoms with Gasteiger partial charge < -0.3 is 9.15 Å². The van der Waals surface area contributed by atoms with Gasteiger partial charge in [-0.05, 0) is 40.5 Å². The smallest absolute Gasteiger partial charge is 0.376 e. The summed E-state index contributed by atoms with van der Waals surface area (Å²) in [5.74, 6) is 0.0295. The van der Waals surface area contributed by atoms with Gasteiger partial charge in [-0.25, -0.2) is 9.78 Å². The Morgan fingerprint density at radius 2 is 2.25 bits per heavy atom. The highest BCUT2D eigenvalue weighted by Gasteiger charge is 2.21. The summed E-state index contributed by atoms with van der Waals surface area (Å²) in [5.41, 5.74) is 1.36. The van der Waals surface area contributed by atoms with Gasteiger partial charge in [0.2, 0.25) is 11.7 Å². The number of carbonyl (C=O) groups excluding carboxylic acids is 1. The average Bonchev–Trinajstić information content (AvgIpc) is 2.85. The van der Waals surface area contributed by atoms with Gasteiger partial charge in [0.05, 0.1) is 17.8 Å². The zero-order valence-corrected chi connectivity index (χ0v) is 13.4. The molecule has 0 spiro atoms. The number of rotatable bonds is 4. The number of halogens is 2. The van der Waals surface area contributed by atoms with E-state index in [1.165, 1.54) is 7.11 Å². The summed E-state index contributed by atoms with van der Waals surface area (Å²) in [6.07, 6.45) is 1.52. The molecule has 4 nitrogen and oxygen atoms in total. The number of esters is 1. The normalized spacial score (nSPS) is 10.6. The molecule has 6 heteroatoms. The van der Waals surface area contributed by atoms with E-state index in [0.717, 1.165) is 16.5 Å². The predicted octanol–water partition coefficient (Wildman–Crippen LogP) is 4.50. The van der Waals surface area contributed by atoms with Crippen LogP contribution in [0.1, 0.15) is 29.6 Å². The number of ether oxygens (including phenoxy) is 1. The van der Waals surface area contributed by atoms with Crippen LogP contribution in [0.2, 0.25) is 5.02 Å². The van der Waals surface area contributed by atoms with Crippen LogP contribution in [0.5, 0.6) is 0 Å². The number of oxazole rings is 1. The molecule has 0 aliphatic heterocycles. The van der Waals surface area contributed by atoms with Gasteiger partial charge in [-0.3, -0.25) is 0 Å². The number of nitrogens with zero attached hydrogens (tertiary/aromatic N) is 1. The Bertz CT molecular complexity index is 639. The van der Waals surface area contributed by atoms with Crippen molar-refractivity contribution < 1.29 is 13.9 Å². The highest BCUT2D eigenvalue weighted by molar-refractivity contribution is 9.10. The Hall–Kier alpha value is -1.33. The van der Waals surface area contributed by atoms with Crippen molar-refractivity contribution >= 4 is 33.5 Å². The Morgan fingerprint density at radius 1 is 1.50 bits per heavy atom. The summed E-state index contributed by atoms with van der Waals surface area (Å²) < 4.78 is 11.0. The maximum absolute atomic E-state index is 11.7. The monoisotopic (exact) mass is 357 g/mol. The predicted molar refractivity (Wildman–Crippen MR) is 80.0 cm³/mol. The van der Waals surface area contributed by atoms with Gasteiger partial charge in [0.25, 0.3) is 0 Å². The third kappa shape index (κ3) is 3.04. The molecule has 0 saturated carbocycles. The van der Waals surface area contributed by atoms with Crippen LogP contribution < -0.4 is 0 Å². The standard InChI is InChI=1S/C14H13BrClNO3/c1-3-4-11-12(14(18)19-2)20-13(17-11)8-5-6-10(16)9(15)7-8/h5-7H,3-4H2,1-2H3. The maximum atomic E-state index is 11.7. The molecule has 1 heterocycles. The average molecular weight is 359 g/mol. The van der Waals surface area contributed by atoms with E-state index < -0.39 is 5.97 Å². The van der Waals surface area contributed by atoms with E-state index in [4.69, 9.17) is 20.8 Å². The zero-order chi connectivity index (χ0) is 14.7. The first kappa shape index (κ1) is 15.1. The van der Waals surface area contributed by atoms with Crippen LogP contribution in [0.25, 0.3) is 11.5 Å². The third-order valence-corrected chi connectivity index (χ3v) is 3.94. The molecule has 0 amide bonds. The number of carbonyl (C=O) groups is 1. The molecular formula is C14H13BrClNO3. The van der Waals surface area contributed by atoms with Crippen LogP contribution in [0.3, 0.4) is 0 Å². The van der Waals surface area contributed by atoms with Crippen molar-refractivity contribution in [1.29, 1.82) is 0 Å². The van der Waals surface area contributed by atoms with Crippen LogP contribution in [-0.2, 0) is 11.2 Å². The molecule has 20 heavy (non-hydrogen) atoms. The van der Waals surface area contributed by atoms with Crippen molar-refractivity contribution in [3.8, 4) is 11.5 Å². The fourth-order valence-corrected chi connectivity index (χ4v) is 2.26. The quantitative estimate of drug-likeness (QED) is 0.755. The minimum atomic E-state index is -0.514. The van der Waals surface area contributed by atoms with E-state index in [1.54, 1.807) is 18.2 Å². The first-order valence-electron chi connectivity index (χ1n) is 6.10. The molecule has 0 unspecified atom stereocenters. The molecule has 2 rings (SSSR count). The van der Waals surface area contributed by atoms with Crippen LogP contribution in [0, 0.1) is 0 Å². The Morgan fingerprint density at radius 3 is 2.85 bits per heavy atom. The van der Waals surface area contributed by atoms with E-state index in [9.17, 15) is 4.79 Å². The lowest BCUT2D eigenvalue weighted by Crippen LogP contribution is -2.03. The fraction of sp³-hybridized carbons (Fsp3) is 0.286. The summed E-state index contributed by atoms with van der Waals surface area (Å²) in [6.45, 7) is 2.01. The van der Waals surface area contributed by atoms with Crippen molar-refractivity contribution in [3.63, 3.8) is 0 Å². The molecule has 0 aliphatic carbocycles. The van der Waals surface area contributed by atoms with E-state index >= 15 is 0 Å². The van der Waals surface area contributed by atoms with E-state index in [0.29, 0.717) is 23.0 Å². The number of aromatic nitrogens is 1. The first-order valence-corrected chi connectivity index (χ1v) is 7.27. The SMILES string of the molecule is CCCc1nc(-c2ccc(Cl)c(Br)c2)oc1C(=O)OC. The van der Waals surface area contributed by atoms with E-state index in [1.807, 2.05) is 6.92 Å². The molecule has 0 aliphatic rings.